The van der Waals surface area contributed by atoms with E-state index in [1.54, 1.807) is 36.5 Å². The van der Waals surface area contributed by atoms with Crippen molar-refractivity contribution in [2.75, 3.05) is 0 Å². The Hall–Kier alpha value is -2.83. The molecule has 4 aromatic rings. The molecule has 3 aromatic heterocycles. The number of rotatable bonds is 6. The lowest BCUT2D eigenvalue weighted by atomic mass is 9.79. The van der Waals surface area contributed by atoms with Gasteiger partial charge in [0.15, 0.2) is 11.3 Å². The van der Waals surface area contributed by atoms with Gasteiger partial charge in [-0.05, 0) is 69.6 Å². The van der Waals surface area contributed by atoms with Gasteiger partial charge in [-0.25, -0.2) is 30.5 Å². The van der Waals surface area contributed by atoms with E-state index in [2.05, 4.69) is 19.9 Å². The molecule has 3 heterocycles. The van der Waals surface area contributed by atoms with E-state index in [0.29, 0.717) is 23.2 Å². The van der Waals surface area contributed by atoms with Gasteiger partial charge in [-0.1, -0.05) is 24.1 Å². The number of aryl methyl sites for hydroxylation is 1. The first kappa shape index (κ1) is 23.3. The molecule has 194 valence electrons. The number of sulfonamides is 1. The predicted molar refractivity (Wildman–Crippen MR) is 137 cm³/mol. The molecular weight excluding hydrogens is 512 g/mol. The molecule has 1 aromatic carbocycles. The van der Waals surface area contributed by atoms with Crippen molar-refractivity contribution in [1.82, 2.24) is 28.3 Å². The van der Waals surface area contributed by atoms with E-state index in [1.165, 1.54) is 10.2 Å². The van der Waals surface area contributed by atoms with Gasteiger partial charge in [0.1, 0.15) is 5.82 Å². The third kappa shape index (κ3) is 3.48. The lowest BCUT2D eigenvalue weighted by molar-refractivity contribution is 0.345. The molecule has 3 atom stereocenters. The number of nitrogens with zero attached hydrogens (tertiary/aromatic N) is 5. The summed E-state index contributed by atoms with van der Waals surface area (Å²) < 4.78 is 58.4. The van der Waals surface area contributed by atoms with E-state index in [0.717, 1.165) is 49.9 Å². The number of benzene rings is 1. The quantitative estimate of drug-likeness (QED) is 0.398. The van der Waals surface area contributed by atoms with Gasteiger partial charge < -0.3 is 0 Å². The first-order chi connectivity index (χ1) is 17.7. The molecule has 3 unspecified atom stereocenters. The van der Waals surface area contributed by atoms with E-state index in [-0.39, 0.29) is 27.5 Å². The fourth-order valence-corrected chi connectivity index (χ4v) is 9.47. The zero-order valence-corrected chi connectivity index (χ0v) is 22.0. The minimum atomic E-state index is -3.85. The van der Waals surface area contributed by atoms with Crippen molar-refractivity contribution in [3.63, 3.8) is 0 Å². The Morgan fingerprint density at radius 2 is 1.81 bits per heavy atom. The van der Waals surface area contributed by atoms with Gasteiger partial charge in [0, 0.05) is 17.7 Å². The summed E-state index contributed by atoms with van der Waals surface area (Å²) in [5.41, 5.74) is 2.14. The molecule has 7 rings (SSSR count). The van der Waals surface area contributed by atoms with Crippen molar-refractivity contribution < 1.29 is 16.8 Å². The van der Waals surface area contributed by atoms with E-state index < -0.39 is 20.0 Å². The maximum absolute atomic E-state index is 13.5. The summed E-state index contributed by atoms with van der Waals surface area (Å²) in [4.78, 5) is 4.65. The Morgan fingerprint density at radius 3 is 2.57 bits per heavy atom. The molecule has 0 spiro atoms. The van der Waals surface area contributed by atoms with E-state index in [1.807, 2.05) is 11.3 Å². The first-order valence-corrected chi connectivity index (χ1v) is 15.7. The predicted octanol–water partition coefficient (Wildman–Crippen LogP) is 2.91. The van der Waals surface area contributed by atoms with Crippen LogP contribution in [0.25, 0.3) is 16.8 Å². The second-order valence-electron chi connectivity index (χ2n) is 10.9. The van der Waals surface area contributed by atoms with Gasteiger partial charge in [-0.2, -0.15) is 0 Å². The van der Waals surface area contributed by atoms with Crippen LogP contribution < -0.4 is 4.72 Å². The molecule has 12 heteroatoms. The van der Waals surface area contributed by atoms with Crippen LogP contribution in [0, 0.1) is 12.8 Å². The summed E-state index contributed by atoms with van der Waals surface area (Å²) in [6.07, 6.45) is 8.94. The Bertz CT molecular complexity index is 1760. The summed E-state index contributed by atoms with van der Waals surface area (Å²) in [5, 5.41) is 8.76. The maximum Gasteiger partial charge on any atom is 0.269 e. The van der Waals surface area contributed by atoms with Crippen LogP contribution in [0.5, 0.6) is 0 Å². The topological polar surface area (TPSA) is 128 Å². The van der Waals surface area contributed by atoms with Crippen LogP contribution in [0.15, 0.2) is 47.6 Å². The van der Waals surface area contributed by atoms with E-state index >= 15 is 0 Å². The van der Waals surface area contributed by atoms with Crippen molar-refractivity contribution >= 4 is 36.9 Å². The summed E-state index contributed by atoms with van der Waals surface area (Å²) >= 11 is 0. The number of nitrogens with one attached hydrogen (secondary N) is 1. The third-order valence-electron chi connectivity index (χ3n) is 8.49. The highest BCUT2D eigenvalue weighted by Crippen LogP contribution is 2.55. The molecule has 3 saturated carbocycles. The molecule has 3 fully saturated rings. The van der Waals surface area contributed by atoms with Crippen molar-refractivity contribution in [2.45, 2.75) is 73.5 Å². The van der Waals surface area contributed by atoms with Gasteiger partial charge in [0.05, 0.1) is 21.9 Å². The van der Waals surface area contributed by atoms with Crippen LogP contribution >= 0.6 is 0 Å². The monoisotopic (exact) mass is 540 g/mol. The van der Waals surface area contributed by atoms with Gasteiger partial charge in [0.25, 0.3) is 10.0 Å². The van der Waals surface area contributed by atoms with Crippen molar-refractivity contribution in [3.05, 3.63) is 54.1 Å². The van der Waals surface area contributed by atoms with Crippen LogP contribution in [0.1, 0.15) is 56.3 Å². The number of aromatic nitrogens is 5. The van der Waals surface area contributed by atoms with Crippen LogP contribution in [0.3, 0.4) is 0 Å². The van der Waals surface area contributed by atoms with E-state index in [4.69, 9.17) is 0 Å². The zero-order chi connectivity index (χ0) is 25.6. The largest absolute Gasteiger partial charge is 0.274 e. The van der Waals surface area contributed by atoms with Crippen LogP contribution in [-0.2, 0) is 25.5 Å². The summed E-state index contributed by atoms with van der Waals surface area (Å²) in [5.74, 6) is 1.06. The SMILES string of the molecule is Cc1ccc(S(=O)(=O)n2ccc3c2ncc2nnc(C45CCCC4CC(NS(=O)(=O)C4CC4)C5)n23)cc1. The standard InChI is InChI=1S/C25H28N6O4S2/c1-16-4-6-20(7-5-16)37(34,35)30-12-10-21-23(30)26-15-22-27-28-24(31(21)22)25-11-2-3-17(25)13-18(14-25)29-36(32,33)19-8-9-19/h4-7,10,12,15,17-19,29H,2-3,8-9,11,13-14H2,1H3. The molecule has 10 nitrogen and oxygen atoms in total. The molecule has 0 aliphatic heterocycles. The van der Waals surface area contributed by atoms with Crippen molar-refractivity contribution in [1.29, 1.82) is 0 Å². The van der Waals surface area contributed by atoms with E-state index in [9.17, 15) is 16.8 Å². The molecule has 0 radical (unpaired) electrons. The lowest BCUT2D eigenvalue weighted by Crippen LogP contribution is -2.37. The summed E-state index contributed by atoms with van der Waals surface area (Å²) in [6.45, 7) is 1.91. The maximum atomic E-state index is 13.5. The second kappa shape index (κ2) is 7.84. The van der Waals surface area contributed by atoms with Crippen LogP contribution in [0.4, 0.5) is 0 Å². The number of hydrogen-bond donors (Lipinski definition) is 1. The molecule has 0 amide bonds. The average molecular weight is 541 g/mol. The highest BCUT2D eigenvalue weighted by Gasteiger charge is 2.55. The molecule has 3 aliphatic rings. The minimum Gasteiger partial charge on any atom is -0.274 e. The lowest BCUT2D eigenvalue weighted by Gasteiger charge is -2.27. The molecule has 1 N–H and O–H groups in total. The molecule has 0 saturated heterocycles. The average Bonchev–Trinajstić information content (AvgIpc) is 3.17. The van der Waals surface area contributed by atoms with Gasteiger partial charge in [-0.15, -0.1) is 10.2 Å². The Labute approximate surface area is 215 Å². The molecule has 3 aliphatic carbocycles. The molecule has 0 bridgehead atoms. The smallest absolute Gasteiger partial charge is 0.269 e. The highest BCUT2D eigenvalue weighted by atomic mass is 32.2. The molecular formula is C25H28N6O4S2. The fourth-order valence-electron chi connectivity index (χ4n) is 6.58. The summed E-state index contributed by atoms with van der Waals surface area (Å²) in [7, 11) is -7.14. The van der Waals surface area contributed by atoms with Crippen LogP contribution in [-0.4, -0.2) is 51.7 Å². The minimum absolute atomic E-state index is 0.132. The third-order valence-corrected chi connectivity index (χ3v) is 12.2. The van der Waals surface area contributed by atoms with Crippen molar-refractivity contribution in [3.8, 4) is 0 Å². The normalized spacial score (nSPS) is 26.3. The number of fused-ring (bicyclic) bond motifs is 4. The van der Waals surface area contributed by atoms with Gasteiger partial charge >= 0.3 is 0 Å². The number of hydrogen-bond acceptors (Lipinski definition) is 7. The Morgan fingerprint density at radius 1 is 1.03 bits per heavy atom. The highest BCUT2D eigenvalue weighted by molar-refractivity contribution is 7.90. The Kier molecular flexibility index (Phi) is 4.94. The second-order valence-corrected chi connectivity index (χ2v) is 14.7. The molecule has 37 heavy (non-hydrogen) atoms. The summed E-state index contributed by atoms with van der Waals surface area (Å²) in [6, 6.07) is 8.36. The zero-order valence-electron chi connectivity index (χ0n) is 20.4. The Balaban J connectivity index is 1.33. The van der Waals surface area contributed by atoms with Crippen molar-refractivity contribution in [2.24, 2.45) is 5.92 Å². The first-order valence-electron chi connectivity index (χ1n) is 12.7. The van der Waals surface area contributed by atoms with Gasteiger partial charge in [-0.3, -0.25) is 4.40 Å². The van der Waals surface area contributed by atoms with Crippen LogP contribution in [0.2, 0.25) is 0 Å². The fraction of sp³-hybridized carbons (Fsp3) is 0.480. The van der Waals surface area contributed by atoms with Gasteiger partial charge in [0.2, 0.25) is 10.0 Å².